The molecule has 2 aromatic heterocycles. The first kappa shape index (κ1) is 15.0. The smallest absolute Gasteiger partial charge is 0.273 e. The highest BCUT2D eigenvalue weighted by Crippen LogP contribution is 2.19. The van der Waals surface area contributed by atoms with E-state index >= 15 is 0 Å². The Hall–Kier alpha value is -2.95. The van der Waals surface area contributed by atoms with Crippen LogP contribution in [0, 0.1) is 0 Å². The predicted octanol–water partition coefficient (Wildman–Crippen LogP) is 3.27. The number of hydrogen-bond donors (Lipinski definition) is 1. The van der Waals surface area contributed by atoms with Crippen LogP contribution in [0.25, 0.3) is 11.3 Å². The van der Waals surface area contributed by atoms with Gasteiger partial charge < -0.3 is 9.84 Å². The van der Waals surface area contributed by atoms with Crippen molar-refractivity contribution in [1.29, 1.82) is 0 Å². The topological polar surface area (TPSA) is 68.0 Å². The van der Waals surface area contributed by atoms with Crippen LogP contribution in [-0.2, 0) is 0 Å². The molecule has 0 fully saturated rings. The van der Waals surface area contributed by atoms with Crippen LogP contribution < -0.4 is 5.32 Å². The van der Waals surface area contributed by atoms with Crippen molar-refractivity contribution < 1.29 is 9.32 Å². The quantitative estimate of drug-likeness (QED) is 0.785. The first-order valence-corrected chi connectivity index (χ1v) is 7.44. The van der Waals surface area contributed by atoms with Crippen LogP contribution in [0.5, 0.6) is 0 Å². The van der Waals surface area contributed by atoms with Crippen LogP contribution in [0.15, 0.2) is 65.4 Å². The molecule has 0 aliphatic carbocycles. The van der Waals surface area contributed by atoms with Gasteiger partial charge in [0, 0.05) is 30.6 Å². The van der Waals surface area contributed by atoms with Crippen LogP contribution in [0.4, 0.5) is 0 Å². The number of rotatable bonds is 5. The molecule has 0 radical (unpaired) electrons. The molecule has 5 heteroatoms. The van der Waals surface area contributed by atoms with Crippen molar-refractivity contribution in [3.05, 3.63) is 72.2 Å². The molecule has 0 aliphatic heterocycles. The minimum Gasteiger partial charge on any atom is -0.355 e. The lowest BCUT2D eigenvalue weighted by molar-refractivity contribution is 0.0942. The van der Waals surface area contributed by atoms with Crippen LogP contribution in [0.2, 0.25) is 0 Å². The Morgan fingerprint density at radius 2 is 1.91 bits per heavy atom. The molecule has 3 aromatic rings. The molecule has 1 unspecified atom stereocenters. The molecule has 2 heterocycles. The first-order chi connectivity index (χ1) is 11.2. The van der Waals surface area contributed by atoms with Crippen molar-refractivity contribution in [2.45, 2.75) is 12.8 Å². The summed E-state index contributed by atoms with van der Waals surface area (Å²) in [6.07, 6.45) is 3.49. The molecule has 0 aliphatic rings. The predicted molar refractivity (Wildman–Crippen MR) is 86.9 cm³/mol. The molecule has 23 heavy (non-hydrogen) atoms. The molecule has 3 rings (SSSR count). The fourth-order valence-electron chi connectivity index (χ4n) is 2.27. The highest BCUT2D eigenvalue weighted by molar-refractivity contribution is 5.93. The minimum atomic E-state index is -0.239. The van der Waals surface area contributed by atoms with E-state index < -0.39 is 0 Å². The number of pyridine rings is 1. The van der Waals surface area contributed by atoms with Crippen LogP contribution in [0.1, 0.15) is 28.9 Å². The maximum Gasteiger partial charge on any atom is 0.273 e. The van der Waals surface area contributed by atoms with E-state index in [0.29, 0.717) is 12.3 Å². The third-order valence-electron chi connectivity index (χ3n) is 3.65. The van der Waals surface area contributed by atoms with E-state index in [9.17, 15) is 4.79 Å². The fraction of sp³-hybridized carbons (Fsp3) is 0.167. The Balaban J connectivity index is 1.62. The van der Waals surface area contributed by atoms with Crippen molar-refractivity contribution in [2.24, 2.45) is 0 Å². The molecule has 0 saturated heterocycles. The minimum absolute atomic E-state index is 0.197. The van der Waals surface area contributed by atoms with Gasteiger partial charge in [-0.1, -0.05) is 42.4 Å². The summed E-state index contributed by atoms with van der Waals surface area (Å²) in [6.45, 7) is 2.57. The standard InChI is InChI=1S/C18H17N3O2/c1-13(14-7-9-19-10-8-14)12-20-18(22)16-11-17(23-21-16)15-5-3-2-4-6-15/h2-11,13H,12H2,1H3,(H,20,22). The third-order valence-corrected chi connectivity index (χ3v) is 3.65. The average molecular weight is 307 g/mol. The maximum absolute atomic E-state index is 12.2. The summed E-state index contributed by atoms with van der Waals surface area (Å²) < 4.78 is 5.24. The molecule has 1 atom stereocenters. The van der Waals surface area contributed by atoms with Gasteiger partial charge in [-0.2, -0.15) is 0 Å². The van der Waals surface area contributed by atoms with E-state index in [1.165, 1.54) is 0 Å². The summed E-state index contributed by atoms with van der Waals surface area (Å²) in [6, 6.07) is 15.1. The van der Waals surface area contributed by atoms with Gasteiger partial charge in [-0.3, -0.25) is 9.78 Å². The summed E-state index contributed by atoms with van der Waals surface area (Å²) in [5, 5.41) is 6.73. The average Bonchev–Trinajstić information content (AvgIpc) is 3.11. The molecule has 1 amide bonds. The van der Waals surface area contributed by atoms with E-state index in [0.717, 1.165) is 11.1 Å². The number of carbonyl (C=O) groups excluding carboxylic acids is 1. The number of benzene rings is 1. The van der Waals surface area contributed by atoms with Gasteiger partial charge in [-0.05, 0) is 23.6 Å². The molecule has 5 nitrogen and oxygen atoms in total. The van der Waals surface area contributed by atoms with E-state index in [2.05, 4.69) is 15.5 Å². The second-order valence-corrected chi connectivity index (χ2v) is 5.33. The lowest BCUT2D eigenvalue weighted by Gasteiger charge is -2.11. The summed E-state index contributed by atoms with van der Waals surface area (Å²) >= 11 is 0. The summed E-state index contributed by atoms with van der Waals surface area (Å²) in [5.74, 6) is 0.539. The lowest BCUT2D eigenvalue weighted by atomic mass is 10.0. The van der Waals surface area contributed by atoms with Gasteiger partial charge in [-0.25, -0.2) is 0 Å². The van der Waals surface area contributed by atoms with Gasteiger partial charge >= 0.3 is 0 Å². The SMILES string of the molecule is CC(CNC(=O)c1cc(-c2ccccc2)on1)c1ccncc1. The first-order valence-electron chi connectivity index (χ1n) is 7.44. The van der Waals surface area contributed by atoms with E-state index in [4.69, 9.17) is 4.52 Å². The highest BCUT2D eigenvalue weighted by atomic mass is 16.5. The number of carbonyl (C=O) groups is 1. The molecule has 0 saturated carbocycles. The Bertz CT molecular complexity index is 769. The van der Waals surface area contributed by atoms with Crippen LogP contribution in [-0.4, -0.2) is 22.6 Å². The monoisotopic (exact) mass is 307 g/mol. The van der Waals surface area contributed by atoms with E-state index in [-0.39, 0.29) is 17.5 Å². The van der Waals surface area contributed by atoms with Crippen molar-refractivity contribution in [3.63, 3.8) is 0 Å². The zero-order chi connectivity index (χ0) is 16.1. The second kappa shape index (κ2) is 6.87. The molecule has 116 valence electrons. The summed E-state index contributed by atoms with van der Waals surface area (Å²) in [7, 11) is 0. The third kappa shape index (κ3) is 3.63. The lowest BCUT2D eigenvalue weighted by Crippen LogP contribution is -2.27. The van der Waals surface area contributed by atoms with Crippen molar-refractivity contribution >= 4 is 5.91 Å². The van der Waals surface area contributed by atoms with Gasteiger partial charge in [0.25, 0.3) is 5.91 Å². The number of hydrogen-bond acceptors (Lipinski definition) is 4. The van der Waals surface area contributed by atoms with Crippen molar-refractivity contribution in [3.8, 4) is 11.3 Å². The van der Waals surface area contributed by atoms with Gasteiger partial charge in [0.15, 0.2) is 11.5 Å². The molecule has 1 N–H and O–H groups in total. The number of nitrogens with one attached hydrogen (secondary N) is 1. The number of aromatic nitrogens is 2. The molecular formula is C18H17N3O2. The normalized spacial score (nSPS) is 11.9. The van der Waals surface area contributed by atoms with Gasteiger partial charge in [0.2, 0.25) is 0 Å². The maximum atomic E-state index is 12.2. The summed E-state index contributed by atoms with van der Waals surface area (Å²) in [5.41, 5.74) is 2.31. The van der Waals surface area contributed by atoms with Crippen molar-refractivity contribution in [2.75, 3.05) is 6.54 Å². The van der Waals surface area contributed by atoms with Gasteiger partial charge in [0.1, 0.15) is 0 Å². The zero-order valence-corrected chi connectivity index (χ0v) is 12.8. The Morgan fingerprint density at radius 3 is 2.65 bits per heavy atom. The van der Waals surface area contributed by atoms with Gasteiger partial charge in [-0.15, -0.1) is 0 Å². The van der Waals surface area contributed by atoms with Crippen LogP contribution in [0.3, 0.4) is 0 Å². The van der Waals surface area contributed by atoms with E-state index in [1.54, 1.807) is 18.5 Å². The Kier molecular flexibility index (Phi) is 4.47. The van der Waals surface area contributed by atoms with E-state index in [1.807, 2.05) is 49.4 Å². The summed E-state index contributed by atoms with van der Waals surface area (Å²) in [4.78, 5) is 16.2. The number of amides is 1. The molecule has 1 aromatic carbocycles. The van der Waals surface area contributed by atoms with Crippen LogP contribution >= 0.6 is 0 Å². The second-order valence-electron chi connectivity index (χ2n) is 5.33. The largest absolute Gasteiger partial charge is 0.355 e. The molecular weight excluding hydrogens is 290 g/mol. The highest BCUT2D eigenvalue weighted by Gasteiger charge is 2.14. The molecule has 0 spiro atoms. The Morgan fingerprint density at radius 1 is 1.17 bits per heavy atom. The fourth-order valence-corrected chi connectivity index (χ4v) is 2.27. The zero-order valence-electron chi connectivity index (χ0n) is 12.8. The Labute approximate surface area is 134 Å². The molecule has 0 bridgehead atoms. The number of nitrogens with zero attached hydrogens (tertiary/aromatic N) is 2. The van der Waals surface area contributed by atoms with Crippen molar-refractivity contribution in [1.82, 2.24) is 15.5 Å². The van der Waals surface area contributed by atoms with Gasteiger partial charge in [0.05, 0.1) is 0 Å².